The van der Waals surface area contributed by atoms with Crippen molar-refractivity contribution in [2.45, 2.75) is 38.6 Å². The number of piperidine rings is 1. The fourth-order valence-electron chi connectivity index (χ4n) is 3.35. The number of Topliss-reactive ketones (excluding diaryl/α,β-unsaturated/α-hetero) is 1. The highest BCUT2D eigenvalue weighted by Crippen LogP contribution is 2.28. The molecular weight excluding hydrogens is 258 g/mol. The molecule has 2 heteroatoms. The van der Waals surface area contributed by atoms with E-state index in [1.54, 1.807) is 0 Å². The Balaban J connectivity index is 1.99. The smallest absolute Gasteiger partial charge is 0.183 e. The Bertz CT molecular complexity index is 648. The van der Waals surface area contributed by atoms with Gasteiger partial charge in [0.15, 0.2) is 5.78 Å². The van der Waals surface area contributed by atoms with E-state index < -0.39 is 5.54 Å². The van der Waals surface area contributed by atoms with Crippen LogP contribution in [0.5, 0.6) is 0 Å². The van der Waals surface area contributed by atoms with Gasteiger partial charge in [0, 0.05) is 5.56 Å². The van der Waals surface area contributed by atoms with E-state index in [4.69, 9.17) is 0 Å². The summed E-state index contributed by atoms with van der Waals surface area (Å²) in [7, 11) is 0. The summed E-state index contributed by atoms with van der Waals surface area (Å²) in [6.07, 6.45) is 3.69. The molecule has 1 heterocycles. The van der Waals surface area contributed by atoms with Gasteiger partial charge in [0.1, 0.15) is 0 Å². The van der Waals surface area contributed by atoms with Crippen molar-refractivity contribution >= 4 is 16.6 Å². The minimum Gasteiger partial charge on any atom is -0.292 e. The number of hydrogen-bond acceptors (Lipinski definition) is 2. The number of benzene rings is 2. The summed E-state index contributed by atoms with van der Waals surface area (Å²) in [5.41, 5.74) is 0.425. The first-order valence-corrected chi connectivity index (χ1v) is 7.88. The van der Waals surface area contributed by atoms with Crippen molar-refractivity contribution in [1.29, 1.82) is 0 Å². The first-order valence-electron chi connectivity index (χ1n) is 7.88. The predicted octanol–water partition coefficient (Wildman–Crippen LogP) is 4.29. The number of likely N-dealkylation sites (tertiary alicyclic amines) is 1. The molecule has 2 aromatic carbocycles. The van der Waals surface area contributed by atoms with Crippen LogP contribution in [-0.2, 0) is 0 Å². The maximum Gasteiger partial charge on any atom is 0.183 e. The van der Waals surface area contributed by atoms with Crippen LogP contribution in [0.4, 0.5) is 0 Å². The second-order valence-electron chi connectivity index (χ2n) is 6.46. The molecule has 0 unspecified atom stereocenters. The molecule has 3 rings (SSSR count). The topological polar surface area (TPSA) is 20.3 Å². The number of fused-ring (bicyclic) bond motifs is 1. The highest BCUT2D eigenvalue weighted by molar-refractivity contribution is 6.12. The second kappa shape index (κ2) is 5.61. The Morgan fingerprint density at radius 3 is 2.38 bits per heavy atom. The second-order valence-corrected chi connectivity index (χ2v) is 6.46. The van der Waals surface area contributed by atoms with Crippen LogP contribution in [0.15, 0.2) is 42.5 Å². The van der Waals surface area contributed by atoms with Gasteiger partial charge in [-0.15, -0.1) is 0 Å². The molecule has 2 aromatic rings. The SMILES string of the molecule is CC(C)(C(=O)c1cccc2ccccc12)N1CCCCC1. The summed E-state index contributed by atoms with van der Waals surface area (Å²) in [6.45, 7) is 6.21. The monoisotopic (exact) mass is 281 g/mol. The average Bonchev–Trinajstić information content (AvgIpc) is 2.54. The largest absolute Gasteiger partial charge is 0.292 e. The lowest BCUT2D eigenvalue weighted by Gasteiger charge is -2.40. The molecule has 1 saturated heterocycles. The normalized spacial score (nSPS) is 17.0. The number of carbonyl (C=O) groups is 1. The molecule has 0 atom stereocenters. The molecule has 1 aliphatic heterocycles. The molecule has 110 valence electrons. The van der Waals surface area contributed by atoms with Gasteiger partial charge in [-0.25, -0.2) is 0 Å². The fraction of sp³-hybridized carbons (Fsp3) is 0.421. The maximum absolute atomic E-state index is 13.1. The molecule has 0 N–H and O–H groups in total. The predicted molar refractivity (Wildman–Crippen MR) is 87.8 cm³/mol. The molecule has 0 aromatic heterocycles. The molecule has 1 aliphatic rings. The Morgan fingerprint density at radius 2 is 1.62 bits per heavy atom. The molecule has 1 fully saturated rings. The molecule has 0 aliphatic carbocycles. The average molecular weight is 281 g/mol. The highest BCUT2D eigenvalue weighted by Gasteiger charge is 2.36. The van der Waals surface area contributed by atoms with Gasteiger partial charge in [0.2, 0.25) is 0 Å². The molecule has 0 saturated carbocycles. The van der Waals surface area contributed by atoms with E-state index >= 15 is 0 Å². The summed E-state index contributed by atoms with van der Waals surface area (Å²) < 4.78 is 0. The van der Waals surface area contributed by atoms with Crippen LogP contribution in [0, 0.1) is 0 Å². The highest BCUT2D eigenvalue weighted by atomic mass is 16.1. The maximum atomic E-state index is 13.1. The van der Waals surface area contributed by atoms with E-state index in [-0.39, 0.29) is 5.78 Å². The van der Waals surface area contributed by atoms with Gasteiger partial charge in [-0.1, -0.05) is 48.9 Å². The van der Waals surface area contributed by atoms with E-state index in [1.807, 2.05) is 24.3 Å². The van der Waals surface area contributed by atoms with Crippen molar-refractivity contribution in [2.75, 3.05) is 13.1 Å². The van der Waals surface area contributed by atoms with E-state index in [9.17, 15) is 4.79 Å². The van der Waals surface area contributed by atoms with E-state index in [2.05, 4.69) is 36.9 Å². The standard InChI is InChI=1S/C19H23NO/c1-19(2,20-13-6-3-7-14-20)18(21)17-12-8-10-15-9-4-5-11-16(15)17/h4-5,8-12H,3,6-7,13-14H2,1-2H3. The number of carbonyl (C=O) groups excluding carboxylic acids is 1. The van der Waals surface area contributed by atoms with Gasteiger partial charge in [-0.05, 0) is 50.6 Å². The minimum atomic E-state index is -0.426. The number of hydrogen-bond donors (Lipinski definition) is 0. The fourth-order valence-corrected chi connectivity index (χ4v) is 3.35. The Labute approximate surface area is 126 Å². The Kier molecular flexibility index (Phi) is 3.81. The molecule has 2 nitrogen and oxygen atoms in total. The zero-order valence-corrected chi connectivity index (χ0v) is 12.9. The minimum absolute atomic E-state index is 0.237. The van der Waals surface area contributed by atoms with Gasteiger partial charge in [-0.2, -0.15) is 0 Å². The van der Waals surface area contributed by atoms with Crippen LogP contribution in [-0.4, -0.2) is 29.3 Å². The van der Waals surface area contributed by atoms with Crippen molar-refractivity contribution in [3.05, 3.63) is 48.0 Å². The van der Waals surface area contributed by atoms with Gasteiger partial charge in [-0.3, -0.25) is 9.69 Å². The van der Waals surface area contributed by atoms with Gasteiger partial charge >= 0.3 is 0 Å². The third-order valence-corrected chi connectivity index (χ3v) is 4.74. The molecule has 0 amide bonds. The van der Waals surface area contributed by atoms with Crippen molar-refractivity contribution in [2.24, 2.45) is 0 Å². The number of ketones is 1. The Morgan fingerprint density at radius 1 is 0.952 bits per heavy atom. The van der Waals surface area contributed by atoms with E-state index in [0.717, 1.165) is 29.4 Å². The summed E-state index contributed by atoms with van der Waals surface area (Å²) in [5.74, 6) is 0.237. The summed E-state index contributed by atoms with van der Waals surface area (Å²) in [5, 5.41) is 2.20. The lowest BCUT2D eigenvalue weighted by molar-refractivity contribution is 0.0581. The van der Waals surface area contributed by atoms with Crippen molar-refractivity contribution in [3.63, 3.8) is 0 Å². The van der Waals surface area contributed by atoms with Crippen LogP contribution in [0.3, 0.4) is 0 Å². The van der Waals surface area contributed by atoms with Crippen LogP contribution in [0.2, 0.25) is 0 Å². The summed E-state index contributed by atoms with van der Waals surface area (Å²) in [4.78, 5) is 15.5. The van der Waals surface area contributed by atoms with E-state index in [1.165, 1.54) is 19.3 Å². The zero-order valence-electron chi connectivity index (χ0n) is 12.9. The van der Waals surface area contributed by atoms with Crippen LogP contribution < -0.4 is 0 Å². The molecule has 0 spiro atoms. The lowest BCUT2D eigenvalue weighted by Crippen LogP contribution is -2.52. The molecular formula is C19H23NO. The van der Waals surface area contributed by atoms with Crippen LogP contribution in [0.25, 0.3) is 10.8 Å². The van der Waals surface area contributed by atoms with Crippen molar-refractivity contribution < 1.29 is 4.79 Å². The number of rotatable bonds is 3. The van der Waals surface area contributed by atoms with Gasteiger partial charge < -0.3 is 0 Å². The van der Waals surface area contributed by atoms with Gasteiger partial charge in [0.25, 0.3) is 0 Å². The summed E-state index contributed by atoms with van der Waals surface area (Å²) >= 11 is 0. The quantitative estimate of drug-likeness (QED) is 0.782. The van der Waals surface area contributed by atoms with Crippen molar-refractivity contribution in [3.8, 4) is 0 Å². The lowest BCUT2D eigenvalue weighted by atomic mass is 9.87. The molecule has 0 bridgehead atoms. The molecule has 0 radical (unpaired) electrons. The van der Waals surface area contributed by atoms with Gasteiger partial charge in [0.05, 0.1) is 5.54 Å². The molecule has 21 heavy (non-hydrogen) atoms. The third kappa shape index (κ3) is 2.60. The third-order valence-electron chi connectivity index (χ3n) is 4.74. The number of nitrogens with zero attached hydrogens (tertiary/aromatic N) is 1. The van der Waals surface area contributed by atoms with E-state index in [0.29, 0.717) is 0 Å². The first kappa shape index (κ1) is 14.3. The Hall–Kier alpha value is -1.67. The van der Waals surface area contributed by atoms with Crippen LogP contribution >= 0.6 is 0 Å². The zero-order chi connectivity index (χ0) is 14.9. The summed E-state index contributed by atoms with van der Waals surface area (Å²) in [6, 6.07) is 14.2. The van der Waals surface area contributed by atoms with Crippen molar-refractivity contribution in [1.82, 2.24) is 4.90 Å². The van der Waals surface area contributed by atoms with Crippen LogP contribution in [0.1, 0.15) is 43.5 Å². The first-order chi connectivity index (χ1) is 10.1.